The topological polar surface area (TPSA) is 90.0 Å². The van der Waals surface area contributed by atoms with E-state index >= 15 is 8.42 Å². The Bertz CT molecular complexity index is 2510. The van der Waals surface area contributed by atoms with Gasteiger partial charge in [-0.2, -0.15) is 4.31 Å². The molecule has 1 atom stereocenters. The van der Waals surface area contributed by atoms with Crippen molar-refractivity contribution in [2.75, 3.05) is 25.5 Å². The summed E-state index contributed by atoms with van der Waals surface area (Å²) in [6.07, 6.45) is 1.15. The molecule has 6 rings (SSSR count). The average Bonchev–Trinajstić information content (AvgIpc) is 3.28. The number of rotatable bonds is 20. The molecule has 6 aromatic carbocycles. The van der Waals surface area contributed by atoms with Gasteiger partial charge in [0, 0.05) is 25.8 Å². The van der Waals surface area contributed by atoms with Crippen LogP contribution in [0.15, 0.2) is 186 Å². The Hall–Kier alpha value is -4.47. The van der Waals surface area contributed by atoms with Gasteiger partial charge in [0.25, 0.3) is 16.6 Å². The molecule has 0 aromatic heterocycles. The van der Waals surface area contributed by atoms with Gasteiger partial charge in [0.2, 0.25) is 10.0 Å². The first-order valence-corrected chi connectivity index (χ1v) is 29.2. The summed E-state index contributed by atoms with van der Waals surface area (Å²) in [6, 6.07) is 55.6. The first-order chi connectivity index (χ1) is 30.4. The van der Waals surface area contributed by atoms with Gasteiger partial charge < -0.3 is 8.85 Å². The van der Waals surface area contributed by atoms with Crippen LogP contribution in [0.5, 0.6) is 0 Å². The highest BCUT2D eigenvalue weighted by Gasteiger charge is 2.51. The summed E-state index contributed by atoms with van der Waals surface area (Å²) in [5.74, 6) is -0.412. The Balaban J connectivity index is 1.37. The number of hydrogen-bond acceptors (Lipinski definition) is 6. The molecule has 0 saturated heterocycles. The van der Waals surface area contributed by atoms with Crippen molar-refractivity contribution < 1.29 is 25.7 Å². The molecule has 338 valence electrons. The summed E-state index contributed by atoms with van der Waals surface area (Å²) in [6.45, 7) is 15.8. The normalized spacial score (nSPS) is 13.5. The Kier molecular flexibility index (Phi) is 15.9. The van der Waals surface area contributed by atoms with E-state index in [1.165, 1.54) is 14.7 Å². The van der Waals surface area contributed by atoms with Crippen LogP contribution in [0.2, 0.25) is 10.1 Å². The minimum Gasteiger partial charge on any atom is -0.407 e. The minimum absolute atomic E-state index is 0.0918. The van der Waals surface area contributed by atoms with E-state index in [2.05, 4.69) is 114 Å². The maximum absolute atomic E-state index is 15.1. The van der Waals surface area contributed by atoms with Crippen molar-refractivity contribution in [3.05, 3.63) is 181 Å². The van der Waals surface area contributed by atoms with Crippen molar-refractivity contribution in [1.29, 1.82) is 0 Å². The lowest BCUT2D eigenvalue weighted by Gasteiger charge is -2.43. The van der Waals surface area contributed by atoms with Crippen LogP contribution in [0.4, 0.5) is 0 Å². The third-order valence-electron chi connectivity index (χ3n) is 12.2. The summed E-state index contributed by atoms with van der Waals surface area (Å²) in [5, 5.41) is 3.96. The van der Waals surface area contributed by atoms with Crippen LogP contribution in [0.25, 0.3) is 0 Å². The molecule has 0 spiro atoms. The maximum Gasteiger partial charge on any atom is 0.261 e. The Morgan fingerprint density at radius 3 is 1.25 bits per heavy atom. The first kappa shape index (κ1) is 49.0. The number of unbranched alkanes of at least 4 members (excludes halogenated alkanes) is 1. The van der Waals surface area contributed by atoms with E-state index in [0.717, 1.165) is 15.9 Å². The molecule has 0 fully saturated rings. The summed E-state index contributed by atoms with van der Waals surface area (Å²) in [4.78, 5) is 0.274. The van der Waals surface area contributed by atoms with Crippen LogP contribution in [-0.4, -0.2) is 69.3 Å². The van der Waals surface area contributed by atoms with Crippen LogP contribution in [0, 0.1) is 6.92 Å². The van der Waals surface area contributed by atoms with E-state index in [4.69, 9.17) is 8.85 Å². The van der Waals surface area contributed by atoms with Crippen LogP contribution in [0.1, 0.15) is 66.4 Å². The van der Waals surface area contributed by atoms with Crippen molar-refractivity contribution in [1.82, 2.24) is 4.31 Å². The molecule has 64 heavy (non-hydrogen) atoms. The second kappa shape index (κ2) is 20.8. The van der Waals surface area contributed by atoms with E-state index in [9.17, 15) is 8.42 Å². The van der Waals surface area contributed by atoms with Crippen molar-refractivity contribution in [3.63, 3.8) is 0 Å². The molecule has 0 aliphatic carbocycles. The Morgan fingerprint density at radius 1 is 0.484 bits per heavy atom. The van der Waals surface area contributed by atoms with Gasteiger partial charge in [0.05, 0.1) is 15.5 Å². The highest BCUT2D eigenvalue weighted by molar-refractivity contribution is 7.91. The zero-order chi connectivity index (χ0) is 46.1. The van der Waals surface area contributed by atoms with E-state index in [-0.39, 0.29) is 39.4 Å². The number of sulfonamides is 1. The van der Waals surface area contributed by atoms with Crippen molar-refractivity contribution in [2.45, 2.75) is 93.6 Å². The highest BCUT2D eigenvalue weighted by atomic mass is 32.2. The molecule has 1 unspecified atom stereocenters. The predicted molar refractivity (Wildman–Crippen MR) is 268 cm³/mol. The predicted octanol–water partition coefficient (Wildman–Crippen LogP) is 9.15. The summed E-state index contributed by atoms with van der Waals surface area (Å²) >= 11 is 0. The molecule has 0 bridgehead atoms. The fourth-order valence-electron chi connectivity index (χ4n) is 9.10. The number of aryl methyl sites for hydroxylation is 1. The lowest BCUT2D eigenvalue weighted by molar-refractivity contribution is 0.232. The number of nitrogens with zero attached hydrogens (tertiary/aromatic N) is 1. The molecule has 0 aliphatic heterocycles. The molecule has 7 nitrogen and oxygen atoms in total. The summed E-state index contributed by atoms with van der Waals surface area (Å²) in [5.41, 5.74) is 0.924. The lowest BCUT2D eigenvalue weighted by atomic mass is 10.2. The van der Waals surface area contributed by atoms with Gasteiger partial charge in [-0.3, -0.25) is 0 Å². The molecule has 0 heterocycles. The molecule has 0 saturated carbocycles. The van der Waals surface area contributed by atoms with Crippen molar-refractivity contribution in [2.24, 2.45) is 0 Å². The van der Waals surface area contributed by atoms with Gasteiger partial charge in [-0.15, -0.1) is 0 Å². The molecule has 0 N–H and O–H groups in total. The van der Waals surface area contributed by atoms with E-state index < -0.39 is 48.3 Å². The van der Waals surface area contributed by atoms with Gasteiger partial charge >= 0.3 is 0 Å². The highest BCUT2D eigenvalue weighted by Crippen LogP contribution is 2.38. The standard InChI is InChI=1S/C53H65NO6S2Si2/c1-44-35-37-47(38-36-44)62(57,58)54(40-23-24-41-59-63(52(2,3)4,48-27-15-9-16-28-48)49-29-17-10-18-30-49)45(43-61(55,56)46-25-13-8-14-26-46)39-42-60-64(53(5,6)7,50-31-19-11-20-32-50)51-33-21-12-22-34-51/h8-22,25-38,45H,23-24,39-43H2,1-7H3. The van der Waals surface area contributed by atoms with E-state index in [1.807, 2.05) is 55.5 Å². The quantitative estimate of drug-likeness (QED) is 0.0561. The lowest BCUT2D eigenvalue weighted by Crippen LogP contribution is -2.66. The number of benzene rings is 6. The van der Waals surface area contributed by atoms with E-state index in [0.29, 0.717) is 19.4 Å². The van der Waals surface area contributed by atoms with Crippen LogP contribution >= 0.6 is 0 Å². The van der Waals surface area contributed by atoms with Crippen molar-refractivity contribution in [3.8, 4) is 0 Å². The van der Waals surface area contributed by atoms with Crippen LogP contribution in [0.3, 0.4) is 0 Å². The third kappa shape index (κ3) is 10.8. The smallest absolute Gasteiger partial charge is 0.261 e. The van der Waals surface area contributed by atoms with Gasteiger partial charge in [-0.05, 0) is 81.3 Å². The number of hydrogen-bond donors (Lipinski definition) is 0. The van der Waals surface area contributed by atoms with Crippen LogP contribution < -0.4 is 20.7 Å². The third-order valence-corrected chi connectivity index (χ3v) is 26.1. The first-order valence-electron chi connectivity index (χ1n) is 22.3. The molecule has 0 radical (unpaired) electrons. The molecule has 0 aliphatic rings. The fraction of sp³-hybridized carbons (Fsp3) is 0.321. The fourth-order valence-corrected chi connectivity index (χ4v) is 21.7. The summed E-state index contributed by atoms with van der Waals surface area (Å²) in [7, 11) is -14.0. The van der Waals surface area contributed by atoms with Crippen molar-refractivity contribution >= 4 is 57.2 Å². The molecule has 6 aromatic rings. The maximum atomic E-state index is 15.1. The van der Waals surface area contributed by atoms with Gasteiger partial charge in [0.1, 0.15) is 0 Å². The molecule has 11 heteroatoms. The van der Waals surface area contributed by atoms with Gasteiger partial charge in [-0.1, -0.05) is 199 Å². The molecular formula is C53H65NO6S2Si2. The Morgan fingerprint density at radius 2 is 0.859 bits per heavy atom. The minimum atomic E-state index is -4.20. The number of sulfone groups is 1. The summed E-state index contributed by atoms with van der Waals surface area (Å²) < 4.78 is 74.9. The zero-order valence-corrected chi connectivity index (χ0v) is 42.1. The van der Waals surface area contributed by atoms with Gasteiger partial charge in [-0.25, -0.2) is 16.8 Å². The zero-order valence-electron chi connectivity index (χ0n) is 38.5. The second-order valence-corrected chi connectivity index (χ2v) is 31.2. The van der Waals surface area contributed by atoms with Crippen LogP contribution in [-0.2, 0) is 28.7 Å². The Labute approximate surface area is 385 Å². The molecular weight excluding hydrogens is 867 g/mol. The van der Waals surface area contributed by atoms with E-state index in [1.54, 1.807) is 54.6 Å². The SMILES string of the molecule is Cc1ccc(S(=O)(=O)N(CCCCO[Si](c2ccccc2)(c2ccccc2)C(C)(C)C)C(CCO[Si](c2ccccc2)(c2ccccc2)C(C)(C)C)CS(=O)(=O)c2ccccc2)cc1. The second-order valence-electron chi connectivity index (χ2n) is 18.7. The molecule has 0 amide bonds. The average molecular weight is 932 g/mol. The monoisotopic (exact) mass is 931 g/mol. The van der Waals surface area contributed by atoms with Gasteiger partial charge in [0.15, 0.2) is 9.84 Å². The largest absolute Gasteiger partial charge is 0.407 e.